The van der Waals surface area contributed by atoms with Crippen LogP contribution in [0.2, 0.25) is 5.02 Å². The molecule has 2 aromatic rings. The molecule has 2 rings (SSSR count). The fraction of sp³-hybridized carbons (Fsp3) is 0.0833. The number of hydrogen-bond donors (Lipinski definition) is 1. The predicted molar refractivity (Wildman–Crippen MR) is 73.9 cm³/mol. The number of nitriles is 1. The van der Waals surface area contributed by atoms with E-state index in [4.69, 9.17) is 16.9 Å². The monoisotopic (exact) mass is 322 g/mol. The first-order valence-corrected chi connectivity index (χ1v) is 6.23. The van der Waals surface area contributed by atoms with Gasteiger partial charge < -0.3 is 5.32 Å². The van der Waals surface area contributed by atoms with Gasteiger partial charge >= 0.3 is 0 Å². The van der Waals surface area contributed by atoms with Crippen molar-refractivity contribution in [2.24, 2.45) is 0 Å². The van der Waals surface area contributed by atoms with Crippen molar-refractivity contribution in [3.05, 3.63) is 45.1 Å². The van der Waals surface area contributed by atoms with Crippen molar-refractivity contribution in [1.29, 1.82) is 5.26 Å². The lowest BCUT2D eigenvalue weighted by molar-refractivity contribution is 1.09. The highest BCUT2D eigenvalue weighted by molar-refractivity contribution is 9.10. The molecule has 0 fully saturated rings. The van der Waals surface area contributed by atoms with E-state index in [-0.39, 0.29) is 0 Å². The van der Waals surface area contributed by atoms with E-state index in [0.717, 1.165) is 15.9 Å². The highest BCUT2D eigenvalue weighted by Crippen LogP contribution is 2.26. The standard InChI is InChI=1S/C12H8BrClN4/c1-7-4-9(6-15)18-12(16-7)17-8-2-3-10(13)11(14)5-8/h2-5H,1H3,(H,16,17,18). The normalized spacial score (nSPS) is 9.89. The average molecular weight is 324 g/mol. The quantitative estimate of drug-likeness (QED) is 0.912. The lowest BCUT2D eigenvalue weighted by atomic mass is 10.3. The van der Waals surface area contributed by atoms with Crippen LogP contribution < -0.4 is 5.32 Å². The first-order chi connectivity index (χ1) is 8.58. The molecule has 1 aromatic heterocycles. The molecule has 0 amide bonds. The smallest absolute Gasteiger partial charge is 0.228 e. The molecule has 0 saturated heterocycles. The van der Waals surface area contributed by atoms with Gasteiger partial charge in [0.1, 0.15) is 11.8 Å². The Bertz CT molecular complexity index is 636. The number of nitrogens with one attached hydrogen (secondary N) is 1. The summed E-state index contributed by atoms with van der Waals surface area (Å²) in [5.41, 5.74) is 1.82. The van der Waals surface area contributed by atoms with Crippen molar-refractivity contribution in [2.45, 2.75) is 6.92 Å². The van der Waals surface area contributed by atoms with Crippen molar-refractivity contribution in [1.82, 2.24) is 9.97 Å². The van der Waals surface area contributed by atoms with Crippen molar-refractivity contribution in [3.63, 3.8) is 0 Å². The van der Waals surface area contributed by atoms with Gasteiger partial charge in [0.25, 0.3) is 0 Å². The van der Waals surface area contributed by atoms with Crippen LogP contribution in [0, 0.1) is 18.3 Å². The first-order valence-electron chi connectivity index (χ1n) is 5.06. The van der Waals surface area contributed by atoms with Crippen molar-refractivity contribution < 1.29 is 0 Å². The molecule has 1 aromatic carbocycles. The topological polar surface area (TPSA) is 61.6 Å². The van der Waals surface area contributed by atoms with E-state index in [1.165, 1.54) is 0 Å². The molecule has 90 valence electrons. The number of rotatable bonds is 2. The summed E-state index contributed by atoms with van der Waals surface area (Å²) in [6.45, 7) is 1.81. The van der Waals surface area contributed by atoms with E-state index in [9.17, 15) is 0 Å². The highest BCUT2D eigenvalue weighted by atomic mass is 79.9. The zero-order valence-corrected chi connectivity index (χ0v) is 11.7. The molecule has 4 nitrogen and oxygen atoms in total. The second-order valence-electron chi connectivity index (χ2n) is 3.58. The molecular formula is C12H8BrClN4. The van der Waals surface area contributed by atoms with Crippen LogP contribution in [0.15, 0.2) is 28.7 Å². The van der Waals surface area contributed by atoms with E-state index in [2.05, 4.69) is 31.2 Å². The van der Waals surface area contributed by atoms with E-state index in [1.54, 1.807) is 12.1 Å². The third kappa shape index (κ3) is 2.97. The van der Waals surface area contributed by atoms with Crippen LogP contribution in [0.4, 0.5) is 11.6 Å². The second-order valence-corrected chi connectivity index (χ2v) is 4.85. The summed E-state index contributed by atoms with van der Waals surface area (Å²) >= 11 is 9.31. The SMILES string of the molecule is Cc1cc(C#N)nc(Nc2ccc(Br)c(Cl)c2)n1. The molecule has 0 aliphatic rings. The summed E-state index contributed by atoms with van der Waals surface area (Å²) in [5, 5.41) is 12.4. The minimum absolute atomic E-state index is 0.327. The van der Waals surface area contributed by atoms with Gasteiger partial charge in [-0.15, -0.1) is 0 Å². The van der Waals surface area contributed by atoms with Crippen LogP contribution >= 0.6 is 27.5 Å². The Labute approximate surface area is 118 Å². The minimum Gasteiger partial charge on any atom is -0.324 e. The summed E-state index contributed by atoms with van der Waals surface area (Å²) in [7, 11) is 0. The summed E-state index contributed by atoms with van der Waals surface area (Å²) in [5.74, 6) is 0.380. The molecule has 0 aliphatic carbocycles. The Morgan fingerprint density at radius 3 is 2.78 bits per heavy atom. The molecule has 0 aliphatic heterocycles. The van der Waals surface area contributed by atoms with Gasteiger partial charge in [0, 0.05) is 15.9 Å². The lowest BCUT2D eigenvalue weighted by Crippen LogP contribution is -2.00. The number of halogens is 2. The summed E-state index contributed by atoms with van der Waals surface area (Å²) in [6.07, 6.45) is 0. The van der Waals surface area contributed by atoms with Gasteiger partial charge in [-0.1, -0.05) is 11.6 Å². The molecule has 1 heterocycles. The van der Waals surface area contributed by atoms with Crippen molar-refractivity contribution in [2.75, 3.05) is 5.32 Å². The average Bonchev–Trinajstić information content (AvgIpc) is 2.33. The third-order valence-corrected chi connectivity index (χ3v) is 3.38. The second kappa shape index (κ2) is 5.34. The minimum atomic E-state index is 0.327. The molecule has 0 radical (unpaired) electrons. The lowest BCUT2D eigenvalue weighted by Gasteiger charge is -2.06. The van der Waals surface area contributed by atoms with Crippen LogP contribution in [0.3, 0.4) is 0 Å². The fourth-order valence-electron chi connectivity index (χ4n) is 1.38. The number of aromatic nitrogens is 2. The van der Waals surface area contributed by atoms with Gasteiger partial charge in [0.15, 0.2) is 0 Å². The molecule has 1 N–H and O–H groups in total. The largest absolute Gasteiger partial charge is 0.324 e. The Morgan fingerprint density at radius 1 is 1.33 bits per heavy atom. The van der Waals surface area contributed by atoms with Gasteiger partial charge in [-0.3, -0.25) is 0 Å². The number of anilines is 2. The van der Waals surface area contributed by atoms with Crippen molar-refractivity contribution in [3.8, 4) is 6.07 Å². The highest BCUT2D eigenvalue weighted by Gasteiger charge is 2.04. The van der Waals surface area contributed by atoms with Gasteiger partial charge in [0.2, 0.25) is 5.95 Å². The maximum Gasteiger partial charge on any atom is 0.228 e. The molecule has 6 heteroatoms. The summed E-state index contributed by atoms with van der Waals surface area (Å²) < 4.78 is 0.817. The number of benzene rings is 1. The number of nitrogens with zero attached hydrogens (tertiary/aromatic N) is 3. The molecule has 18 heavy (non-hydrogen) atoms. The van der Waals surface area contributed by atoms with Crippen molar-refractivity contribution >= 4 is 39.2 Å². The summed E-state index contributed by atoms with van der Waals surface area (Å²) in [4.78, 5) is 8.26. The zero-order valence-electron chi connectivity index (χ0n) is 9.41. The maximum atomic E-state index is 8.84. The van der Waals surface area contributed by atoms with Crippen LogP contribution in [0.5, 0.6) is 0 Å². The van der Waals surface area contributed by atoms with Crippen LogP contribution in [-0.4, -0.2) is 9.97 Å². The fourth-order valence-corrected chi connectivity index (χ4v) is 1.81. The van der Waals surface area contributed by atoms with Gasteiger partial charge in [-0.25, -0.2) is 9.97 Å². The Morgan fingerprint density at radius 2 is 2.11 bits per heavy atom. The molecule has 0 saturated carbocycles. The van der Waals surface area contributed by atoms with E-state index in [1.807, 2.05) is 25.1 Å². The van der Waals surface area contributed by atoms with Crippen LogP contribution in [0.25, 0.3) is 0 Å². The molecule has 0 bridgehead atoms. The molecule has 0 spiro atoms. The van der Waals surface area contributed by atoms with E-state index in [0.29, 0.717) is 16.7 Å². The molecule has 0 atom stereocenters. The van der Waals surface area contributed by atoms with Gasteiger partial charge in [0.05, 0.1) is 5.02 Å². The van der Waals surface area contributed by atoms with E-state index < -0.39 is 0 Å². The number of hydrogen-bond acceptors (Lipinski definition) is 4. The maximum absolute atomic E-state index is 8.84. The Balaban J connectivity index is 2.31. The predicted octanol–water partition coefficient (Wildman–Crippen LogP) is 3.82. The Hall–Kier alpha value is -1.64. The zero-order chi connectivity index (χ0) is 13.1. The molecule has 0 unspecified atom stereocenters. The first kappa shape index (κ1) is 12.8. The van der Waals surface area contributed by atoms with Crippen LogP contribution in [-0.2, 0) is 0 Å². The van der Waals surface area contributed by atoms with Crippen LogP contribution in [0.1, 0.15) is 11.4 Å². The van der Waals surface area contributed by atoms with Gasteiger partial charge in [-0.2, -0.15) is 5.26 Å². The summed E-state index contributed by atoms with van der Waals surface area (Å²) in [6, 6.07) is 9.03. The number of aryl methyl sites for hydroxylation is 1. The molecular weight excluding hydrogens is 316 g/mol. The van der Waals surface area contributed by atoms with E-state index >= 15 is 0 Å². The third-order valence-electron chi connectivity index (χ3n) is 2.14. The Kier molecular flexibility index (Phi) is 3.80. The van der Waals surface area contributed by atoms with Gasteiger partial charge in [-0.05, 0) is 47.1 Å².